The Morgan fingerprint density at radius 1 is 0.629 bits per heavy atom. The van der Waals surface area contributed by atoms with Crippen LogP contribution in [0.15, 0.2) is 66.7 Å². The van der Waals surface area contributed by atoms with E-state index >= 15 is 4.39 Å². The molecule has 0 atom stereocenters. The average molecular weight is 481 g/mol. The lowest BCUT2D eigenvalue weighted by atomic mass is 9.96. The number of halogens is 4. The molecule has 0 saturated heterocycles. The summed E-state index contributed by atoms with van der Waals surface area (Å²) in [4.78, 5) is 0. The van der Waals surface area contributed by atoms with E-state index in [2.05, 4.69) is 0 Å². The maximum atomic E-state index is 15.1. The van der Waals surface area contributed by atoms with Gasteiger partial charge in [0.15, 0.2) is 0 Å². The summed E-state index contributed by atoms with van der Waals surface area (Å²) in [6.07, 6.45) is 3.05. The van der Waals surface area contributed by atoms with Gasteiger partial charge in [-0.3, -0.25) is 0 Å². The molecular weight excluding hydrogens is 452 g/mol. The van der Waals surface area contributed by atoms with E-state index < -0.39 is 11.6 Å². The quantitative estimate of drug-likeness (QED) is 0.168. The smallest absolute Gasteiger partial charge is 0.134 e. The summed E-state index contributed by atoms with van der Waals surface area (Å²) in [7, 11) is 1.60. The summed E-state index contributed by atoms with van der Waals surface area (Å²) in [6.45, 7) is 0.545. The molecule has 0 amide bonds. The van der Waals surface area contributed by atoms with Crippen molar-refractivity contribution in [3.05, 3.63) is 118 Å². The largest absolute Gasteiger partial charge is 0.385 e. The molecule has 0 bridgehead atoms. The molecule has 0 aliphatic carbocycles. The lowest BCUT2D eigenvalue weighted by molar-refractivity contribution is 0.195. The topological polar surface area (TPSA) is 9.23 Å². The van der Waals surface area contributed by atoms with E-state index in [0.717, 1.165) is 16.5 Å². The van der Waals surface area contributed by atoms with Crippen molar-refractivity contribution in [2.75, 3.05) is 13.7 Å². The van der Waals surface area contributed by atoms with Crippen molar-refractivity contribution in [1.29, 1.82) is 0 Å². The molecule has 0 aliphatic heterocycles. The van der Waals surface area contributed by atoms with Crippen LogP contribution < -0.4 is 0 Å². The van der Waals surface area contributed by atoms with E-state index in [-0.39, 0.29) is 23.6 Å². The van der Waals surface area contributed by atoms with Crippen LogP contribution in [-0.4, -0.2) is 13.7 Å². The van der Waals surface area contributed by atoms with Gasteiger partial charge in [0, 0.05) is 24.7 Å². The highest BCUT2D eigenvalue weighted by Crippen LogP contribution is 2.25. The summed E-state index contributed by atoms with van der Waals surface area (Å²) in [5, 5.41) is 1.27. The predicted molar refractivity (Wildman–Crippen MR) is 132 cm³/mol. The number of hydrogen-bond acceptors (Lipinski definition) is 1. The van der Waals surface area contributed by atoms with Gasteiger partial charge in [-0.1, -0.05) is 42.5 Å². The van der Waals surface area contributed by atoms with Gasteiger partial charge in [0.1, 0.15) is 23.3 Å². The Labute approximate surface area is 203 Å². The Bertz CT molecular complexity index is 1270. The molecule has 0 aromatic heterocycles. The van der Waals surface area contributed by atoms with E-state index in [1.165, 1.54) is 24.3 Å². The van der Waals surface area contributed by atoms with Crippen LogP contribution in [-0.2, 0) is 36.8 Å². The normalized spacial score (nSPS) is 11.3. The summed E-state index contributed by atoms with van der Waals surface area (Å²) in [5.41, 5.74) is 3.13. The van der Waals surface area contributed by atoms with Crippen molar-refractivity contribution in [2.24, 2.45) is 0 Å². The molecule has 0 radical (unpaired) electrons. The lowest BCUT2D eigenvalue weighted by Crippen LogP contribution is -2.02. The van der Waals surface area contributed by atoms with Gasteiger partial charge in [-0.2, -0.15) is 0 Å². The zero-order valence-electron chi connectivity index (χ0n) is 19.7. The second-order valence-electron chi connectivity index (χ2n) is 8.85. The number of aryl methyl sites for hydroxylation is 4. The van der Waals surface area contributed by atoms with E-state index in [4.69, 9.17) is 4.74 Å². The van der Waals surface area contributed by atoms with Crippen molar-refractivity contribution < 1.29 is 22.3 Å². The molecule has 182 valence electrons. The Morgan fingerprint density at radius 2 is 1.31 bits per heavy atom. The average Bonchev–Trinajstić information content (AvgIpc) is 2.84. The summed E-state index contributed by atoms with van der Waals surface area (Å²) in [5.74, 6) is -1.62. The highest BCUT2D eigenvalue weighted by Gasteiger charge is 2.13. The van der Waals surface area contributed by atoms with Gasteiger partial charge >= 0.3 is 0 Å². The molecule has 0 heterocycles. The first-order chi connectivity index (χ1) is 16.9. The van der Waals surface area contributed by atoms with E-state index in [0.29, 0.717) is 55.2 Å². The second-order valence-corrected chi connectivity index (χ2v) is 8.85. The third-order valence-electron chi connectivity index (χ3n) is 6.37. The highest BCUT2D eigenvalue weighted by molar-refractivity contribution is 5.84. The van der Waals surface area contributed by atoms with E-state index in [1.54, 1.807) is 31.4 Å². The zero-order chi connectivity index (χ0) is 24.8. The Balaban J connectivity index is 1.43. The standard InChI is InChI=1S/C30H28F4O/c1-35-16-2-3-22-18-28(32)27(29(33)19-22)15-8-21-7-14-26-24(17-21)11-10-23(30(26)34)9-4-20-5-12-25(31)13-6-20/h5-7,10-14,17-19H,2-4,8-9,15-16H2,1H3. The number of benzene rings is 4. The zero-order valence-corrected chi connectivity index (χ0v) is 19.7. The lowest BCUT2D eigenvalue weighted by Gasteiger charge is -2.11. The molecule has 35 heavy (non-hydrogen) atoms. The Kier molecular flexibility index (Phi) is 8.19. The number of hydrogen-bond donors (Lipinski definition) is 0. The minimum Gasteiger partial charge on any atom is -0.385 e. The Hall–Kier alpha value is -3.18. The highest BCUT2D eigenvalue weighted by atomic mass is 19.1. The van der Waals surface area contributed by atoms with Crippen LogP contribution >= 0.6 is 0 Å². The molecule has 0 saturated carbocycles. The van der Waals surface area contributed by atoms with E-state index in [1.807, 2.05) is 18.2 Å². The van der Waals surface area contributed by atoms with Crippen LogP contribution in [0, 0.1) is 23.3 Å². The molecule has 4 rings (SSSR count). The first-order valence-electron chi connectivity index (χ1n) is 11.8. The van der Waals surface area contributed by atoms with E-state index in [9.17, 15) is 13.2 Å². The molecule has 0 N–H and O–H groups in total. The molecule has 1 nitrogen and oxygen atoms in total. The maximum absolute atomic E-state index is 15.1. The minimum atomic E-state index is -0.532. The van der Waals surface area contributed by atoms with Crippen molar-refractivity contribution in [1.82, 2.24) is 0 Å². The summed E-state index contributed by atoms with van der Waals surface area (Å²) in [6, 6.07) is 18.1. The van der Waals surface area contributed by atoms with Crippen LogP contribution in [0.1, 0.15) is 34.2 Å². The van der Waals surface area contributed by atoms with Crippen LogP contribution in [0.5, 0.6) is 0 Å². The number of methoxy groups -OCH3 is 1. The van der Waals surface area contributed by atoms with Crippen LogP contribution in [0.25, 0.3) is 10.8 Å². The first-order valence-corrected chi connectivity index (χ1v) is 11.8. The third kappa shape index (κ3) is 6.29. The van der Waals surface area contributed by atoms with Gasteiger partial charge in [-0.15, -0.1) is 0 Å². The van der Waals surface area contributed by atoms with Crippen LogP contribution in [0.3, 0.4) is 0 Å². The number of rotatable bonds is 10. The van der Waals surface area contributed by atoms with Gasteiger partial charge in [-0.25, -0.2) is 17.6 Å². The number of fused-ring (bicyclic) bond motifs is 1. The monoisotopic (exact) mass is 480 g/mol. The van der Waals surface area contributed by atoms with Gasteiger partial charge in [0.2, 0.25) is 0 Å². The summed E-state index contributed by atoms with van der Waals surface area (Å²) >= 11 is 0. The molecule has 0 unspecified atom stereocenters. The number of ether oxygens (including phenoxy) is 1. The first kappa shape index (κ1) is 24.9. The molecule has 0 fully saturated rings. The molecule has 4 aromatic rings. The van der Waals surface area contributed by atoms with Gasteiger partial charge in [0.25, 0.3) is 0 Å². The van der Waals surface area contributed by atoms with Crippen molar-refractivity contribution in [3.8, 4) is 0 Å². The molecule has 0 spiro atoms. The molecule has 4 aromatic carbocycles. The molecular formula is C30H28F4O. The van der Waals surface area contributed by atoms with Crippen LogP contribution in [0.4, 0.5) is 17.6 Å². The van der Waals surface area contributed by atoms with Gasteiger partial charge in [0.05, 0.1) is 0 Å². The fraction of sp³-hybridized carbons (Fsp3) is 0.267. The van der Waals surface area contributed by atoms with Gasteiger partial charge < -0.3 is 4.74 Å². The third-order valence-corrected chi connectivity index (χ3v) is 6.37. The van der Waals surface area contributed by atoms with Crippen molar-refractivity contribution in [3.63, 3.8) is 0 Å². The fourth-order valence-electron chi connectivity index (χ4n) is 4.39. The minimum absolute atomic E-state index is 0.0721. The summed E-state index contributed by atoms with van der Waals surface area (Å²) < 4.78 is 62.3. The van der Waals surface area contributed by atoms with Gasteiger partial charge in [-0.05, 0) is 90.4 Å². The Morgan fingerprint density at radius 3 is 2.03 bits per heavy atom. The maximum Gasteiger partial charge on any atom is 0.134 e. The molecule has 5 heteroatoms. The SMILES string of the molecule is COCCCc1cc(F)c(CCc2ccc3c(F)c(CCc4ccc(F)cc4)ccc3c2)c(F)c1. The predicted octanol–water partition coefficient (Wildman–Crippen LogP) is 7.55. The fourth-order valence-corrected chi connectivity index (χ4v) is 4.39. The second kappa shape index (κ2) is 11.5. The van der Waals surface area contributed by atoms with Crippen molar-refractivity contribution >= 4 is 10.8 Å². The van der Waals surface area contributed by atoms with Crippen LogP contribution in [0.2, 0.25) is 0 Å². The van der Waals surface area contributed by atoms with Crippen molar-refractivity contribution in [2.45, 2.75) is 38.5 Å². The molecule has 0 aliphatic rings.